The number of benzene rings is 1. The molecule has 0 unspecified atom stereocenters. The van der Waals surface area contributed by atoms with Gasteiger partial charge < -0.3 is 4.74 Å². The zero-order chi connectivity index (χ0) is 22.1. The van der Waals surface area contributed by atoms with Gasteiger partial charge in [0.25, 0.3) is 5.56 Å². The minimum atomic E-state index is -0.425. The molecule has 0 saturated heterocycles. The molecule has 1 aromatic carbocycles. The van der Waals surface area contributed by atoms with Crippen molar-refractivity contribution in [3.05, 3.63) is 56.5 Å². The lowest BCUT2D eigenvalue weighted by Crippen LogP contribution is -2.38. The molecule has 2 heterocycles. The molecule has 8 nitrogen and oxygen atoms in total. The molecule has 0 fully saturated rings. The van der Waals surface area contributed by atoms with E-state index in [0.717, 1.165) is 4.57 Å². The molecule has 3 rings (SSSR count). The molecule has 2 aromatic heterocycles. The molecule has 0 saturated carbocycles. The van der Waals surface area contributed by atoms with E-state index < -0.39 is 11.2 Å². The molecular weight excluding hydrogens is 402 g/mol. The van der Waals surface area contributed by atoms with Gasteiger partial charge in [0.15, 0.2) is 5.65 Å². The van der Waals surface area contributed by atoms with Crippen LogP contribution in [0.5, 0.6) is 5.75 Å². The molecule has 0 amide bonds. The molecule has 0 atom stereocenters. The number of fused-ring (bicyclic) bond motifs is 1. The highest BCUT2D eigenvalue weighted by Gasteiger charge is 2.23. The van der Waals surface area contributed by atoms with Crippen molar-refractivity contribution in [1.29, 1.82) is 5.26 Å². The van der Waals surface area contributed by atoms with Gasteiger partial charge >= 0.3 is 5.69 Å². The SMILES string of the molecule is Cn1c(=O)c2c(SCCOc3ccc(C#N)cc3)nc(C(C)(C)C)nc2n(C)c1=O. The van der Waals surface area contributed by atoms with Crippen LogP contribution in [0.2, 0.25) is 0 Å². The first kappa shape index (κ1) is 21.6. The largest absolute Gasteiger partial charge is 0.493 e. The highest BCUT2D eigenvalue weighted by atomic mass is 32.2. The number of nitriles is 1. The van der Waals surface area contributed by atoms with Crippen LogP contribution >= 0.6 is 11.8 Å². The maximum atomic E-state index is 12.8. The quantitative estimate of drug-likeness (QED) is 0.351. The summed E-state index contributed by atoms with van der Waals surface area (Å²) in [6, 6.07) is 8.94. The van der Waals surface area contributed by atoms with E-state index >= 15 is 0 Å². The molecule has 9 heteroatoms. The fraction of sp³-hybridized carbons (Fsp3) is 0.381. The Morgan fingerprint density at radius 2 is 1.77 bits per heavy atom. The van der Waals surface area contributed by atoms with Gasteiger partial charge in [-0.2, -0.15) is 5.26 Å². The number of hydrogen-bond acceptors (Lipinski definition) is 7. The molecule has 0 spiro atoms. The third-order valence-electron chi connectivity index (χ3n) is 4.51. The first-order valence-electron chi connectivity index (χ1n) is 9.37. The number of hydrogen-bond donors (Lipinski definition) is 0. The highest BCUT2D eigenvalue weighted by molar-refractivity contribution is 7.99. The summed E-state index contributed by atoms with van der Waals surface area (Å²) in [4.78, 5) is 34.3. The molecule has 0 aliphatic carbocycles. The second-order valence-corrected chi connectivity index (χ2v) is 8.92. The summed E-state index contributed by atoms with van der Waals surface area (Å²) in [5, 5.41) is 9.72. The number of rotatable bonds is 5. The Hall–Kier alpha value is -3.12. The summed E-state index contributed by atoms with van der Waals surface area (Å²) < 4.78 is 8.17. The minimum Gasteiger partial charge on any atom is -0.493 e. The van der Waals surface area contributed by atoms with Crippen molar-refractivity contribution < 1.29 is 4.74 Å². The van der Waals surface area contributed by atoms with Gasteiger partial charge in [-0.1, -0.05) is 20.8 Å². The topological polar surface area (TPSA) is 103 Å². The average Bonchev–Trinajstić information content (AvgIpc) is 2.72. The number of aryl methyl sites for hydroxylation is 1. The van der Waals surface area contributed by atoms with Crippen LogP contribution in [0.1, 0.15) is 32.2 Å². The van der Waals surface area contributed by atoms with Crippen molar-refractivity contribution in [3.8, 4) is 11.8 Å². The van der Waals surface area contributed by atoms with Gasteiger partial charge in [-0.3, -0.25) is 13.9 Å². The summed E-state index contributed by atoms with van der Waals surface area (Å²) >= 11 is 1.39. The van der Waals surface area contributed by atoms with Crippen molar-refractivity contribution in [2.24, 2.45) is 14.1 Å². The maximum absolute atomic E-state index is 12.8. The fourth-order valence-electron chi connectivity index (χ4n) is 2.79. The molecule has 156 valence electrons. The summed E-state index contributed by atoms with van der Waals surface area (Å²) in [5.74, 6) is 1.77. The summed E-state index contributed by atoms with van der Waals surface area (Å²) in [6.07, 6.45) is 0. The monoisotopic (exact) mass is 425 g/mol. The van der Waals surface area contributed by atoms with E-state index in [0.29, 0.717) is 45.6 Å². The van der Waals surface area contributed by atoms with Gasteiger partial charge in [0.1, 0.15) is 22.0 Å². The Morgan fingerprint density at radius 1 is 1.10 bits per heavy atom. The van der Waals surface area contributed by atoms with E-state index in [1.807, 2.05) is 20.8 Å². The van der Waals surface area contributed by atoms with Gasteiger partial charge in [0.05, 0.1) is 18.2 Å². The van der Waals surface area contributed by atoms with Gasteiger partial charge in [0, 0.05) is 25.3 Å². The van der Waals surface area contributed by atoms with Crippen molar-refractivity contribution >= 4 is 22.8 Å². The Balaban J connectivity index is 1.92. The number of thioether (sulfide) groups is 1. The van der Waals surface area contributed by atoms with Gasteiger partial charge in [-0.05, 0) is 24.3 Å². The van der Waals surface area contributed by atoms with Crippen LogP contribution in [0.15, 0.2) is 38.9 Å². The highest BCUT2D eigenvalue weighted by Crippen LogP contribution is 2.27. The maximum Gasteiger partial charge on any atom is 0.332 e. The molecule has 3 aromatic rings. The Kier molecular flexibility index (Phi) is 5.99. The second-order valence-electron chi connectivity index (χ2n) is 7.84. The molecular formula is C21H23N5O3S. The number of ether oxygens (including phenoxy) is 1. The van der Waals surface area contributed by atoms with Gasteiger partial charge in [-0.25, -0.2) is 14.8 Å². The standard InChI is InChI=1S/C21H23N5O3S/c1-21(2,3)19-23-16-15(18(27)26(5)20(28)25(16)4)17(24-19)30-11-10-29-14-8-6-13(12-22)7-9-14/h6-9H,10-11H2,1-5H3. The lowest BCUT2D eigenvalue weighted by atomic mass is 9.96. The molecule has 0 aliphatic rings. The minimum absolute atomic E-state index is 0.330. The smallest absolute Gasteiger partial charge is 0.332 e. The molecule has 0 N–H and O–H groups in total. The van der Waals surface area contributed by atoms with Gasteiger partial charge in [-0.15, -0.1) is 11.8 Å². The third kappa shape index (κ3) is 4.24. The lowest BCUT2D eigenvalue weighted by Gasteiger charge is -2.19. The zero-order valence-corrected chi connectivity index (χ0v) is 18.4. The van der Waals surface area contributed by atoms with E-state index in [4.69, 9.17) is 10.00 Å². The van der Waals surface area contributed by atoms with Crippen molar-refractivity contribution in [3.63, 3.8) is 0 Å². The van der Waals surface area contributed by atoms with Crippen LogP contribution in [0.25, 0.3) is 11.0 Å². The summed E-state index contributed by atoms with van der Waals surface area (Å²) in [6.45, 7) is 6.33. The molecule has 0 radical (unpaired) electrons. The van der Waals surface area contributed by atoms with Gasteiger partial charge in [0.2, 0.25) is 0 Å². The van der Waals surface area contributed by atoms with Crippen LogP contribution in [0.4, 0.5) is 0 Å². The number of nitrogens with zero attached hydrogens (tertiary/aromatic N) is 5. The van der Waals surface area contributed by atoms with E-state index in [9.17, 15) is 9.59 Å². The Labute approximate surface area is 178 Å². The van der Waals surface area contributed by atoms with Crippen molar-refractivity contribution in [2.75, 3.05) is 12.4 Å². The van der Waals surface area contributed by atoms with Crippen LogP contribution < -0.4 is 16.0 Å². The zero-order valence-electron chi connectivity index (χ0n) is 17.6. The predicted octanol–water partition coefficient (Wildman–Crippen LogP) is 2.37. The fourth-order valence-corrected chi connectivity index (χ4v) is 3.63. The van der Waals surface area contributed by atoms with Crippen LogP contribution in [0.3, 0.4) is 0 Å². The molecule has 0 aliphatic heterocycles. The van der Waals surface area contributed by atoms with Crippen LogP contribution in [0, 0.1) is 11.3 Å². The second kappa shape index (κ2) is 8.32. The molecule has 0 bridgehead atoms. The van der Waals surface area contributed by atoms with Crippen molar-refractivity contribution in [1.82, 2.24) is 19.1 Å². The summed E-state index contributed by atoms with van der Waals surface area (Å²) in [7, 11) is 3.05. The first-order chi connectivity index (χ1) is 14.1. The van der Waals surface area contributed by atoms with Crippen LogP contribution in [-0.4, -0.2) is 31.5 Å². The lowest BCUT2D eigenvalue weighted by molar-refractivity contribution is 0.344. The van der Waals surface area contributed by atoms with E-state index in [1.165, 1.54) is 23.4 Å². The molecule has 30 heavy (non-hydrogen) atoms. The van der Waals surface area contributed by atoms with Crippen molar-refractivity contribution in [2.45, 2.75) is 31.2 Å². The predicted molar refractivity (Wildman–Crippen MR) is 116 cm³/mol. The average molecular weight is 426 g/mol. The van der Waals surface area contributed by atoms with E-state index in [2.05, 4.69) is 16.0 Å². The number of aromatic nitrogens is 4. The third-order valence-corrected chi connectivity index (χ3v) is 5.45. The Morgan fingerprint density at radius 3 is 2.37 bits per heavy atom. The first-order valence-corrected chi connectivity index (χ1v) is 10.4. The Bertz CT molecular complexity index is 1250. The van der Waals surface area contributed by atoms with E-state index in [1.54, 1.807) is 31.3 Å². The van der Waals surface area contributed by atoms with Crippen LogP contribution in [-0.2, 0) is 19.5 Å². The summed E-state index contributed by atoms with van der Waals surface area (Å²) in [5.41, 5.74) is -0.284. The normalized spacial score (nSPS) is 11.5. The van der Waals surface area contributed by atoms with E-state index in [-0.39, 0.29) is 5.41 Å².